The van der Waals surface area contributed by atoms with Crippen LogP contribution in [0, 0.1) is 11.3 Å². The van der Waals surface area contributed by atoms with Gasteiger partial charge in [-0.1, -0.05) is 12.2 Å². The van der Waals surface area contributed by atoms with Crippen LogP contribution in [-0.2, 0) is 0 Å². The quantitative estimate of drug-likeness (QED) is 0.834. The number of nitriles is 1. The monoisotopic (exact) mass is 276 g/mol. The summed E-state index contributed by atoms with van der Waals surface area (Å²) < 4.78 is 0.959. The van der Waals surface area contributed by atoms with Crippen molar-refractivity contribution in [2.45, 2.75) is 25.3 Å². The minimum absolute atomic E-state index is 0.509. The molecule has 0 saturated carbocycles. The summed E-state index contributed by atoms with van der Waals surface area (Å²) in [5, 5.41) is 12.3. The summed E-state index contributed by atoms with van der Waals surface area (Å²) in [6, 6.07) is 8.28. The van der Waals surface area contributed by atoms with E-state index in [0.29, 0.717) is 11.6 Å². The SMILES string of the molecule is N#Cc1ccc(NC2CC=CCC2)c(Br)c1. The molecule has 0 spiro atoms. The van der Waals surface area contributed by atoms with E-state index in [1.54, 1.807) is 0 Å². The maximum absolute atomic E-state index is 8.77. The largest absolute Gasteiger partial charge is 0.381 e. The third-order valence-electron chi connectivity index (χ3n) is 2.73. The van der Waals surface area contributed by atoms with E-state index in [1.165, 1.54) is 6.42 Å². The molecule has 2 rings (SSSR count). The van der Waals surface area contributed by atoms with Gasteiger partial charge in [0.15, 0.2) is 0 Å². The van der Waals surface area contributed by atoms with Gasteiger partial charge < -0.3 is 5.32 Å². The highest BCUT2D eigenvalue weighted by Gasteiger charge is 2.10. The van der Waals surface area contributed by atoms with Crippen molar-refractivity contribution in [3.8, 4) is 6.07 Å². The third kappa shape index (κ3) is 2.65. The zero-order valence-corrected chi connectivity index (χ0v) is 10.5. The van der Waals surface area contributed by atoms with E-state index in [0.717, 1.165) is 23.0 Å². The van der Waals surface area contributed by atoms with Gasteiger partial charge in [-0.15, -0.1) is 0 Å². The fraction of sp³-hybridized carbons (Fsp3) is 0.308. The molecular weight excluding hydrogens is 264 g/mol. The lowest BCUT2D eigenvalue weighted by Crippen LogP contribution is -2.20. The van der Waals surface area contributed by atoms with Gasteiger partial charge in [-0.05, 0) is 53.4 Å². The van der Waals surface area contributed by atoms with E-state index in [-0.39, 0.29) is 0 Å². The smallest absolute Gasteiger partial charge is 0.0992 e. The van der Waals surface area contributed by atoms with Crippen molar-refractivity contribution in [2.75, 3.05) is 5.32 Å². The molecule has 1 aromatic rings. The van der Waals surface area contributed by atoms with Gasteiger partial charge in [0.1, 0.15) is 0 Å². The molecule has 0 aromatic heterocycles. The maximum atomic E-state index is 8.77. The normalized spacial score (nSPS) is 19.1. The second-order valence-corrected chi connectivity index (χ2v) is 4.79. The second-order valence-electron chi connectivity index (χ2n) is 3.93. The van der Waals surface area contributed by atoms with Gasteiger partial charge >= 0.3 is 0 Å². The van der Waals surface area contributed by atoms with Gasteiger partial charge in [0.2, 0.25) is 0 Å². The number of benzene rings is 1. The van der Waals surface area contributed by atoms with E-state index in [9.17, 15) is 0 Å². The van der Waals surface area contributed by atoms with E-state index < -0.39 is 0 Å². The lowest BCUT2D eigenvalue weighted by molar-refractivity contribution is 0.644. The molecule has 0 bridgehead atoms. The molecule has 1 N–H and O–H groups in total. The van der Waals surface area contributed by atoms with E-state index >= 15 is 0 Å². The van der Waals surface area contributed by atoms with E-state index in [1.807, 2.05) is 18.2 Å². The van der Waals surface area contributed by atoms with Crippen LogP contribution >= 0.6 is 15.9 Å². The highest BCUT2D eigenvalue weighted by Crippen LogP contribution is 2.26. The van der Waals surface area contributed by atoms with Gasteiger partial charge in [0, 0.05) is 16.2 Å². The fourth-order valence-electron chi connectivity index (χ4n) is 1.85. The Morgan fingerprint density at radius 1 is 1.38 bits per heavy atom. The summed E-state index contributed by atoms with van der Waals surface area (Å²) in [4.78, 5) is 0. The number of allylic oxidation sites excluding steroid dienone is 1. The Morgan fingerprint density at radius 2 is 2.25 bits per heavy atom. The van der Waals surface area contributed by atoms with Crippen LogP contribution < -0.4 is 5.32 Å². The molecule has 3 heteroatoms. The number of hydrogen-bond donors (Lipinski definition) is 1. The Hall–Kier alpha value is -1.27. The highest BCUT2D eigenvalue weighted by atomic mass is 79.9. The first-order chi connectivity index (χ1) is 7.79. The van der Waals surface area contributed by atoms with Crippen molar-refractivity contribution < 1.29 is 0 Å². The molecule has 1 atom stereocenters. The Labute approximate surface area is 104 Å². The minimum atomic E-state index is 0.509. The topological polar surface area (TPSA) is 35.8 Å². The van der Waals surface area contributed by atoms with Crippen LogP contribution in [0.25, 0.3) is 0 Å². The van der Waals surface area contributed by atoms with Crippen LogP contribution in [0.15, 0.2) is 34.8 Å². The van der Waals surface area contributed by atoms with Crippen LogP contribution in [0.5, 0.6) is 0 Å². The van der Waals surface area contributed by atoms with Crippen molar-refractivity contribution in [2.24, 2.45) is 0 Å². The minimum Gasteiger partial charge on any atom is -0.381 e. The fourth-order valence-corrected chi connectivity index (χ4v) is 2.34. The molecule has 2 nitrogen and oxygen atoms in total. The summed E-state index contributed by atoms with van der Waals surface area (Å²) in [7, 11) is 0. The number of rotatable bonds is 2. The van der Waals surface area contributed by atoms with Crippen LogP contribution in [-0.4, -0.2) is 6.04 Å². The van der Waals surface area contributed by atoms with Crippen molar-refractivity contribution >= 4 is 21.6 Å². The van der Waals surface area contributed by atoms with Crippen LogP contribution in [0.3, 0.4) is 0 Å². The predicted octanol–water partition coefficient (Wildman–Crippen LogP) is 3.84. The lowest BCUT2D eigenvalue weighted by Gasteiger charge is -2.21. The molecule has 1 aliphatic rings. The third-order valence-corrected chi connectivity index (χ3v) is 3.38. The Balaban J connectivity index is 2.10. The number of hydrogen-bond acceptors (Lipinski definition) is 2. The maximum Gasteiger partial charge on any atom is 0.0992 e. The van der Waals surface area contributed by atoms with Crippen molar-refractivity contribution in [1.82, 2.24) is 0 Å². The molecule has 0 aliphatic heterocycles. The van der Waals surface area contributed by atoms with E-state index in [4.69, 9.17) is 5.26 Å². The Morgan fingerprint density at radius 3 is 2.88 bits per heavy atom. The first kappa shape index (κ1) is 11.2. The van der Waals surface area contributed by atoms with Gasteiger partial charge in [-0.3, -0.25) is 0 Å². The number of halogens is 1. The molecule has 1 unspecified atom stereocenters. The zero-order chi connectivity index (χ0) is 11.4. The van der Waals surface area contributed by atoms with Crippen molar-refractivity contribution in [3.63, 3.8) is 0 Å². The van der Waals surface area contributed by atoms with Gasteiger partial charge in [0.25, 0.3) is 0 Å². The summed E-state index contributed by atoms with van der Waals surface area (Å²) in [6.07, 6.45) is 7.84. The Kier molecular flexibility index (Phi) is 3.63. The number of nitrogens with one attached hydrogen (secondary N) is 1. The molecule has 0 radical (unpaired) electrons. The van der Waals surface area contributed by atoms with Gasteiger partial charge in [0.05, 0.1) is 11.6 Å². The summed E-state index contributed by atoms with van der Waals surface area (Å²) >= 11 is 3.48. The zero-order valence-electron chi connectivity index (χ0n) is 8.91. The Bertz CT molecular complexity index is 446. The van der Waals surface area contributed by atoms with Crippen LogP contribution in [0.1, 0.15) is 24.8 Å². The lowest BCUT2D eigenvalue weighted by atomic mass is 10.0. The first-order valence-corrected chi connectivity index (χ1v) is 6.20. The molecular formula is C13H13BrN2. The number of nitrogens with zero attached hydrogens (tertiary/aromatic N) is 1. The summed E-state index contributed by atoms with van der Waals surface area (Å²) in [6.45, 7) is 0. The average molecular weight is 277 g/mol. The van der Waals surface area contributed by atoms with E-state index in [2.05, 4.69) is 39.5 Å². The van der Waals surface area contributed by atoms with Crippen LogP contribution in [0.4, 0.5) is 5.69 Å². The predicted molar refractivity (Wildman–Crippen MR) is 69.3 cm³/mol. The molecule has 0 saturated heterocycles. The molecule has 1 aromatic carbocycles. The highest BCUT2D eigenvalue weighted by molar-refractivity contribution is 9.10. The standard InChI is InChI=1S/C13H13BrN2/c14-12-8-10(9-15)6-7-13(12)16-11-4-2-1-3-5-11/h1-2,6-8,11,16H,3-5H2. The molecule has 16 heavy (non-hydrogen) atoms. The second kappa shape index (κ2) is 5.18. The summed E-state index contributed by atoms with van der Waals surface area (Å²) in [5.41, 5.74) is 1.75. The average Bonchev–Trinajstić information content (AvgIpc) is 2.33. The first-order valence-electron chi connectivity index (χ1n) is 5.41. The molecule has 1 aliphatic carbocycles. The molecule has 82 valence electrons. The van der Waals surface area contributed by atoms with Crippen LogP contribution in [0.2, 0.25) is 0 Å². The molecule has 0 fully saturated rings. The van der Waals surface area contributed by atoms with Crippen molar-refractivity contribution in [1.29, 1.82) is 5.26 Å². The molecule has 0 heterocycles. The van der Waals surface area contributed by atoms with Gasteiger partial charge in [-0.25, -0.2) is 0 Å². The molecule has 0 amide bonds. The van der Waals surface area contributed by atoms with Crippen molar-refractivity contribution in [3.05, 3.63) is 40.4 Å². The number of anilines is 1. The van der Waals surface area contributed by atoms with Gasteiger partial charge in [-0.2, -0.15) is 5.26 Å². The summed E-state index contributed by atoms with van der Waals surface area (Å²) in [5.74, 6) is 0.